The van der Waals surface area contributed by atoms with Crippen LogP contribution in [0.15, 0.2) is 5.38 Å². The Morgan fingerprint density at radius 2 is 2.04 bits per heavy atom. The molecule has 1 saturated heterocycles. The van der Waals surface area contributed by atoms with E-state index in [1.54, 1.807) is 11.3 Å². The van der Waals surface area contributed by atoms with Crippen molar-refractivity contribution in [3.63, 3.8) is 0 Å². The fourth-order valence-corrected chi connectivity index (χ4v) is 3.73. The molecule has 1 aromatic heterocycles. The van der Waals surface area contributed by atoms with Gasteiger partial charge in [0, 0.05) is 51.1 Å². The number of unbranched alkanes of at least 4 members (excludes halogenated alkanes) is 1. The second-order valence-corrected chi connectivity index (χ2v) is 7.13. The minimum absolute atomic E-state index is 0.0800. The fourth-order valence-electron chi connectivity index (χ4n) is 2.92. The molecule has 1 fully saturated rings. The van der Waals surface area contributed by atoms with Gasteiger partial charge in [-0.2, -0.15) is 0 Å². The number of nitrogens with zero attached hydrogens (tertiary/aromatic N) is 3. The minimum Gasteiger partial charge on any atom is -0.481 e. The van der Waals surface area contributed by atoms with Crippen LogP contribution in [0.5, 0.6) is 0 Å². The Morgan fingerprint density at radius 1 is 1.33 bits per heavy atom. The van der Waals surface area contributed by atoms with Gasteiger partial charge in [-0.1, -0.05) is 0 Å². The van der Waals surface area contributed by atoms with Gasteiger partial charge in [0.1, 0.15) is 11.1 Å². The van der Waals surface area contributed by atoms with Gasteiger partial charge in [0.15, 0.2) is 0 Å². The summed E-state index contributed by atoms with van der Waals surface area (Å²) in [6.45, 7) is 10.9. The highest BCUT2D eigenvalue weighted by molar-refractivity contribution is 7.09. The second-order valence-electron chi connectivity index (χ2n) is 6.24. The molecule has 1 aromatic rings. The van der Waals surface area contributed by atoms with Crippen LogP contribution in [0.4, 0.5) is 0 Å². The predicted octanol–water partition coefficient (Wildman–Crippen LogP) is 2.61. The summed E-state index contributed by atoms with van der Waals surface area (Å²) in [6, 6.07) is 0. The van der Waals surface area contributed by atoms with Crippen LogP contribution in [0.25, 0.3) is 0 Å². The van der Waals surface area contributed by atoms with Crippen LogP contribution in [-0.2, 0) is 16.1 Å². The highest BCUT2D eigenvalue weighted by Gasteiger charge is 2.18. The number of hydrogen-bond acceptors (Lipinski definition) is 6. The number of aliphatic carboxylic acids is 1. The number of carbonyl (C=O) groups is 1. The van der Waals surface area contributed by atoms with Gasteiger partial charge in [-0.15, -0.1) is 11.3 Å². The van der Waals surface area contributed by atoms with Gasteiger partial charge in [-0.25, -0.2) is 4.98 Å². The van der Waals surface area contributed by atoms with Crippen molar-refractivity contribution in [3.05, 3.63) is 16.1 Å². The molecule has 1 unspecified atom stereocenters. The molecule has 1 aliphatic rings. The summed E-state index contributed by atoms with van der Waals surface area (Å²) < 4.78 is 5.60. The Bertz CT molecular complexity index is 501. The van der Waals surface area contributed by atoms with Crippen molar-refractivity contribution >= 4 is 17.3 Å². The Labute approximate surface area is 148 Å². The number of carboxylic acids is 1. The molecule has 2 heterocycles. The van der Waals surface area contributed by atoms with Crippen LogP contribution in [0.3, 0.4) is 0 Å². The quantitative estimate of drug-likeness (QED) is 0.651. The number of hydrogen-bond donors (Lipinski definition) is 1. The van der Waals surface area contributed by atoms with Crippen molar-refractivity contribution in [2.45, 2.75) is 45.8 Å². The predicted molar refractivity (Wildman–Crippen MR) is 95.4 cm³/mol. The summed E-state index contributed by atoms with van der Waals surface area (Å²) in [6.07, 6.45) is 2.11. The number of thiazole rings is 1. The Kier molecular flexibility index (Phi) is 8.11. The Balaban J connectivity index is 1.66. The largest absolute Gasteiger partial charge is 0.481 e. The van der Waals surface area contributed by atoms with Crippen LogP contribution in [0.2, 0.25) is 0 Å². The van der Waals surface area contributed by atoms with Crippen LogP contribution in [0, 0.1) is 0 Å². The third-order valence-electron chi connectivity index (χ3n) is 4.30. The molecule has 1 aliphatic heterocycles. The standard InChI is InChI=1S/C17H29N3O3S/c1-3-23-14(2)17-18-15(13-24-17)12-20-10-8-19(9-11-20)7-5-4-6-16(21)22/h13-14H,3-12H2,1-2H3,(H,21,22). The molecule has 0 aliphatic carbocycles. The van der Waals surface area contributed by atoms with Crippen molar-refractivity contribution in [3.8, 4) is 0 Å². The smallest absolute Gasteiger partial charge is 0.303 e. The number of ether oxygens (including phenoxy) is 1. The van der Waals surface area contributed by atoms with Crippen molar-refractivity contribution < 1.29 is 14.6 Å². The van der Waals surface area contributed by atoms with Gasteiger partial charge < -0.3 is 14.7 Å². The van der Waals surface area contributed by atoms with Crippen molar-refractivity contribution in [1.29, 1.82) is 0 Å². The van der Waals surface area contributed by atoms with Crippen molar-refractivity contribution in [2.75, 3.05) is 39.3 Å². The maximum absolute atomic E-state index is 10.5. The lowest BCUT2D eigenvalue weighted by atomic mass is 10.2. The van der Waals surface area contributed by atoms with Crippen LogP contribution in [0.1, 0.15) is 49.9 Å². The monoisotopic (exact) mass is 355 g/mol. The molecule has 7 heteroatoms. The van der Waals surface area contributed by atoms with E-state index in [9.17, 15) is 4.79 Å². The summed E-state index contributed by atoms with van der Waals surface area (Å²) in [5.41, 5.74) is 1.14. The van der Waals surface area contributed by atoms with E-state index in [1.807, 2.05) is 6.92 Å². The molecule has 0 bridgehead atoms. The third-order valence-corrected chi connectivity index (χ3v) is 5.35. The average molecular weight is 356 g/mol. The number of rotatable bonds is 10. The summed E-state index contributed by atoms with van der Waals surface area (Å²) in [4.78, 5) is 20.1. The molecule has 0 aromatic carbocycles. The first-order valence-corrected chi connectivity index (χ1v) is 9.69. The summed E-state index contributed by atoms with van der Waals surface area (Å²) in [5.74, 6) is -0.693. The van der Waals surface area contributed by atoms with E-state index in [2.05, 4.69) is 22.1 Å². The molecule has 2 rings (SSSR count). The molecule has 0 spiro atoms. The molecular weight excluding hydrogens is 326 g/mol. The van der Waals surface area contributed by atoms with Crippen molar-refractivity contribution in [1.82, 2.24) is 14.8 Å². The van der Waals surface area contributed by atoms with Crippen LogP contribution >= 0.6 is 11.3 Å². The molecule has 6 nitrogen and oxygen atoms in total. The fraction of sp³-hybridized carbons (Fsp3) is 0.765. The molecular formula is C17H29N3O3S. The first-order valence-electron chi connectivity index (χ1n) is 8.81. The highest BCUT2D eigenvalue weighted by Crippen LogP contribution is 2.22. The SMILES string of the molecule is CCOC(C)c1nc(CN2CCN(CCCCC(=O)O)CC2)cs1. The zero-order valence-electron chi connectivity index (χ0n) is 14.7. The summed E-state index contributed by atoms with van der Waals surface area (Å²) in [5, 5.41) is 11.9. The van der Waals surface area contributed by atoms with Crippen LogP contribution in [-0.4, -0.2) is 65.2 Å². The van der Waals surface area contributed by atoms with E-state index in [1.165, 1.54) is 0 Å². The second kappa shape index (κ2) is 10.1. The van der Waals surface area contributed by atoms with Crippen molar-refractivity contribution in [2.24, 2.45) is 0 Å². The minimum atomic E-state index is -0.693. The molecule has 1 atom stereocenters. The zero-order chi connectivity index (χ0) is 17.4. The lowest BCUT2D eigenvalue weighted by Crippen LogP contribution is -2.46. The van der Waals surface area contributed by atoms with E-state index in [0.717, 1.165) is 62.8 Å². The van der Waals surface area contributed by atoms with Crippen LogP contribution < -0.4 is 0 Å². The van der Waals surface area contributed by atoms with E-state index in [4.69, 9.17) is 14.8 Å². The Morgan fingerprint density at radius 3 is 2.71 bits per heavy atom. The zero-order valence-corrected chi connectivity index (χ0v) is 15.6. The third kappa shape index (κ3) is 6.47. The number of piperazine rings is 1. The van der Waals surface area contributed by atoms with Gasteiger partial charge in [-0.05, 0) is 33.2 Å². The average Bonchev–Trinajstić information content (AvgIpc) is 3.02. The molecule has 0 saturated carbocycles. The lowest BCUT2D eigenvalue weighted by molar-refractivity contribution is -0.137. The summed E-state index contributed by atoms with van der Waals surface area (Å²) >= 11 is 1.68. The molecule has 0 amide bonds. The number of aromatic nitrogens is 1. The van der Waals surface area contributed by atoms with E-state index in [0.29, 0.717) is 6.61 Å². The summed E-state index contributed by atoms with van der Waals surface area (Å²) in [7, 11) is 0. The Hall–Kier alpha value is -1.02. The number of carboxylic acid groups (broad SMARTS) is 1. The molecule has 136 valence electrons. The molecule has 0 radical (unpaired) electrons. The normalized spacial score (nSPS) is 17.9. The lowest BCUT2D eigenvalue weighted by Gasteiger charge is -2.34. The maximum atomic E-state index is 10.5. The van der Waals surface area contributed by atoms with E-state index < -0.39 is 5.97 Å². The molecule has 1 N–H and O–H groups in total. The van der Waals surface area contributed by atoms with Gasteiger partial charge in [0.05, 0.1) is 5.69 Å². The topological polar surface area (TPSA) is 65.9 Å². The van der Waals surface area contributed by atoms with Gasteiger partial charge in [0.2, 0.25) is 0 Å². The molecule has 24 heavy (non-hydrogen) atoms. The van der Waals surface area contributed by atoms with Gasteiger partial charge in [-0.3, -0.25) is 9.69 Å². The van der Waals surface area contributed by atoms with Gasteiger partial charge >= 0.3 is 5.97 Å². The highest BCUT2D eigenvalue weighted by atomic mass is 32.1. The first kappa shape index (κ1) is 19.3. The van der Waals surface area contributed by atoms with E-state index in [-0.39, 0.29) is 12.5 Å². The first-order chi connectivity index (χ1) is 11.6. The maximum Gasteiger partial charge on any atom is 0.303 e. The van der Waals surface area contributed by atoms with E-state index >= 15 is 0 Å². The van der Waals surface area contributed by atoms with Gasteiger partial charge in [0.25, 0.3) is 0 Å².